The first kappa shape index (κ1) is 9.92. The molecule has 0 heterocycles. The summed E-state index contributed by atoms with van der Waals surface area (Å²) in [5.41, 5.74) is 0.121. The molecule has 10 heavy (non-hydrogen) atoms. The van der Waals surface area contributed by atoms with Gasteiger partial charge >= 0.3 is 0 Å². The second kappa shape index (κ2) is 3.94. The monoisotopic (exact) mass is 145 g/mol. The van der Waals surface area contributed by atoms with Crippen LogP contribution in [0, 0.1) is 0 Å². The summed E-state index contributed by atoms with van der Waals surface area (Å²) in [4.78, 5) is 0. The van der Waals surface area contributed by atoms with Crippen LogP contribution < -0.4 is 5.32 Å². The lowest BCUT2D eigenvalue weighted by atomic mass is 10.1. The molecule has 2 heteroatoms. The number of aliphatic hydroxyl groups excluding tert-OH is 1. The first-order chi connectivity index (χ1) is 4.45. The van der Waals surface area contributed by atoms with Crippen LogP contribution in [-0.4, -0.2) is 23.3 Å². The van der Waals surface area contributed by atoms with Crippen LogP contribution in [0.15, 0.2) is 0 Å². The van der Waals surface area contributed by atoms with Gasteiger partial charge in [0.05, 0.1) is 6.10 Å². The number of nitrogens with one attached hydrogen (secondary N) is 1. The van der Waals surface area contributed by atoms with E-state index in [2.05, 4.69) is 26.1 Å². The molecule has 0 bridgehead atoms. The fourth-order valence-electron chi connectivity index (χ4n) is 0.568. The summed E-state index contributed by atoms with van der Waals surface area (Å²) in [6.45, 7) is 8.95. The van der Waals surface area contributed by atoms with Crippen LogP contribution in [0.1, 0.15) is 34.1 Å². The number of rotatable bonds is 3. The lowest BCUT2D eigenvalue weighted by Gasteiger charge is -2.22. The van der Waals surface area contributed by atoms with Crippen LogP contribution in [-0.2, 0) is 0 Å². The quantitative estimate of drug-likeness (QED) is 0.624. The highest BCUT2D eigenvalue weighted by Gasteiger charge is 2.10. The zero-order valence-electron chi connectivity index (χ0n) is 7.44. The fourth-order valence-corrected chi connectivity index (χ4v) is 0.568. The molecule has 0 saturated heterocycles. The zero-order valence-corrected chi connectivity index (χ0v) is 7.44. The van der Waals surface area contributed by atoms with E-state index < -0.39 is 0 Å². The average molecular weight is 145 g/mol. The Labute approximate surface area is 63.6 Å². The van der Waals surface area contributed by atoms with Crippen molar-refractivity contribution in [1.82, 2.24) is 5.32 Å². The Balaban J connectivity index is 3.36. The third-order valence-corrected chi connectivity index (χ3v) is 1.34. The maximum absolute atomic E-state index is 9.16. The summed E-state index contributed by atoms with van der Waals surface area (Å²) in [6.07, 6.45) is 0.627. The summed E-state index contributed by atoms with van der Waals surface area (Å²) in [6, 6.07) is 0. The molecular formula is C8H19NO. The van der Waals surface area contributed by atoms with Crippen LogP contribution in [0.2, 0.25) is 0 Å². The van der Waals surface area contributed by atoms with Gasteiger partial charge in [0.2, 0.25) is 0 Å². The summed E-state index contributed by atoms with van der Waals surface area (Å²) in [7, 11) is 0. The Kier molecular flexibility index (Phi) is 3.91. The van der Waals surface area contributed by atoms with E-state index in [0.717, 1.165) is 6.42 Å². The number of hydrogen-bond acceptors (Lipinski definition) is 2. The van der Waals surface area contributed by atoms with E-state index in [-0.39, 0.29) is 11.6 Å². The highest BCUT2D eigenvalue weighted by atomic mass is 16.3. The number of β-amino-alcohol motifs (C(OH)–C–C–N with tert-alkyl or cyclic N) is 1. The van der Waals surface area contributed by atoms with Gasteiger partial charge in [-0.1, -0.05) is 6.92 Å². The highest BCUT2D eigenvalue weighted by Crippen LogP contribution is 1.98. The maximum atomic E-state index is 9.16. The molecule has 62 valence electrons. The van der Waals surface area contributed by atoms with Crippen LogP contribution in [0.3, 0.4) is 0 Å². The highest BCUT2D eigenvalue weighted by molar-refractivity contribution is 4.71. The normalized spacial score (nSPS) is 15.3. The molecule has 0 spiro atoms. The number of aliphatic hydroxyl groups is 1. The van der Waals surface area contributed by atoms with Gasteiger partial charge in [0.15, 0.2) is 0 Å². The minimum absolute atomic E-state index is 0.121. The van der Waals surface area contributed by atoms with Crippen molar-refractivity contribution in [2.75, 3.05) is 6.54 Å². The van der Waals surface area contributed by atoms with E-state index in [1.807, 2.05) is 6.92 Å². The molecule has 0 aromatic rings. The Morgan fingerprint density at radius 3 is 2.20 bits per heavy atom. The molecular weight excluding hydrogens is 126 g/mol. The summed E-state index contributed by atoms with van der Waals surface area (Å²) in [5, 5.41) is 12.4. The summed E-state index contributed by atoms with van der Waals surface area (Å²) < 4.78 is 0. The van der Waals surface area contributed by atoms with Gasteiger partial charge in [-0.2, -0.15) is 0 Å². The topological polar surface area (TPSA) is 32.3 Å². The van der Waals surface area contributed by atoms with E-state index in [9.17, 15) is 0 Å². The first-order valence-corrected chi connectivity index (χ1v) is 3.89. The molecule has 0 saturated carbocycles. The molecule has 0 rings (SSSR count). The van der Waals surface area contributed by atoms with E-state index in [4.69, 9.17) is 5.11 Å². The lowest BCUT2D eigenvalue weighted by Crippen LogP contribution is -2.40. The van der Waals surface area contributed by atoms with Gasteiger partial charge in [0.1, 0.15) is 0 Å². The molecule has 0 aliphatic heterocycles. The van der Waals surface area contributed by atoms with Crippen molar-refractivity contribution in [2.24, 2.45) is 0 Å². The third kappa shape index (κ3) is 6.05. The molecule has 2 N–H and O–H groups in total. The average Bonchev–Trinajstić information content (AvgIpc) is 1.81. The second-order valence-electron chi connectivity index (χ2n) is 3.69. The van der Waals surface area contributed by atoms with Gasteiger partial charge in [-0.25, -0.2) is 0 Å². The van der Waals surface area contributed by atoms with Crippen LogP contribution in [0.5, 0.6) is 0 Å². The molecule has 0 unspecified atom stereocenters. The smallest absolute Gasteiger partial charge is 0.0662 e. The Morgan fingerprint density at radius 2 is 1.90 bits per heavy atom. The minimum atomic E-state index is -0.195. The molecule has 0 aromatic heterocycles. The van der Waals surface area contributed by atoms with Crippen molar-refractivity contribution in [3.05, 3.63) is 0 Å². The lowest BCUT2D eigenvalue weighted by molar-refractivity contribution is 0.157. The van der Waals surface area contributed by atoms with Gasteiger partial charge < -0.3 is 10.4 Å². The Morgan fingerprint density at radius 1 is 1.40 bits per heavy atom. The molecule has 1 atom stereocenters. The predicted molar refractivity (Wildman–Crippen MR) is 44.1 cm³/mol. The van der Waals surface area contributed by atoms with Gasteiger partial charge in [-0.3, -0.25) is 0 Å². The molecule has 2 nitrogen and oxygen atoms in total. The zero-order chi connectivity index (χ0) is 8.20. The van der Waals surface area contributed by atoms with E-state index in [1.54, 1.807) is 0 Å². The Hall–Kier alpha value is -0.0800. The SMILES string of the molecule is CC[C@@H](O)CNC(C)(C)C. The van der Waals surface area contributed by atoms with Gasteiger partial charge in [-0.15, -0.1) is 0 Å². The van der Waals surface area contributed by atoms with Crippen molar-refractivity contribution in [3.63, 3.8) is 0 Å². The van der Waals surface area contributed by atoms with Crippen molar-refractivity contribution >= 4 is 0 Å². The standard InChI is InChI=1S/C8H19NO/c1-5-7(10)6-9-8(2,3)4/h7,9-10H,5-6H2,1-4H3/t7-/m1/s1. The molecule has 0 aliphatic rings. The van der Waals surface area contributed by atoms with E-state index >= 15 is 0 Å². The molecule has 0 aromatic carbocycles. The molecule has 0 aliphatic carbocycles. The summed E-state index contributed by atoms with van der Waals surface area (Å²) >= 11 is 0. The third-order valence-electron chi connectivity index (χ3n) is 1.34. The summed E-state index contributed by atoms with van der Waals surface area (Å²) in [5.74, 6) is 0. The largest absolute Gasteiger partial charge is 0.392 e. The maximum Gasteiger partial charge on any atom is 0.0662 e. The van der Waals surface area contributed by atoms with E-state index in [1.165, 1.54) is 0 Å². The Bertz CT molecular complexity index is 85.7. The van der Waals surface area contributed by atoms with Gasteiger partial charge in [-0.05, 0) is 27.2 Å². The fraction of sp³-hybridized carbons (Fsp3) is 1.00. The molecule has 0 radical (unpaired) electrons. The van der Waals surface area contributed by atoms with Crippen LogP contribution in [0.4, 0.5) is 0 Å². The predicted octanol–water partition coefficient (Wildman–Crippen LogP) is 1.15. The first-order valence-electron chi connectivity index (χ1n) is 3.89. The van der Waals surface area contributed by atoms with Gasteiger partial charge in [0.25, 0.3) is 0 Å². The van der Waals surface area contributed by atoms with E-state index in [0.29, 0.717) is 6.54 Å². The van der Waals surface area contributed by atoms with Gasteiger partial charge in [0, 0.05) is 12.1 Å². The van der Waals surface area contributed by atoms with Crippen molar-refractivity contribution in [3.8, 4) is 0 Å². The van der Waals surface area contributed by atoms with Crippen molar-refractivity contribution in [2.45, 2.75) is 45.8 Å². The number of hydrogen-bond donors (Lipinski definition) is 2. The van der Waals surface area contributed by atoms with Crippen LogP contribution in [0.25, 0.3) is 0 Å². The second-order valence-corrected chi connectivity index (χ2v) is 3.69. The minimum Gasteiger partial charge on any atom is -0.392 e. The molecule has 0 fully saturated rings. The van der Waals surface area contributed by atoms with Crippen LogP contribution >= 0.6 is 0 Å². The van der Waals surface area contributed by atoms with Crippen molar-refractivity contribution < 1.29 is 5.11 Å². The molecule has 0 amide bonds. The van der Waals surface area contributed by atoms with Crippen molar-refractivity contribution in [1.29, 1.82) is 0 Å².